The molecule has 1 atom stereocenters. The Hall–Kier alpha value is -3.01. The lowest BCUT2D eigenvalue weighted by Crippen LogP contribution is -2.20. The van der Waals surface area contributed by atoms with Gasteiger partial charge in [-0.15, -0.1) is 5.10 Å². The molecular weight excluding hydrogens is 368 g/mol. The second-order valence-electron chi connectivity index (χ2n) is 6.48. The first-order chi connectivity index (χ1) is 12.9. The van der Waals surface area contributed by atoms with Crippen LogP contribution >= 0.6 is 0 Å². The molecule has 3 aromatic rings. The van der Waals surface area contributed by atoms with E-state index in [0.29, 0.717) is 17.9 Å². The third-order valence-corrected chi connectivity index (χ3v) is 6.12. The van der Waals surface area contributed by atoms with Crippen molar-refractivity contribution in [3.05, 3.63) is 54.0 Å². The maximum absolute atomic E-state index is 12.6. The molecule has 2 aromatic heterocycles. The van der Waals surface area contributed by atoms with E-state index in [0.717, 1.165) is 5.69 Å². The Labute approximate surface area is 155 Å². The van der Waals surface area contributed by atoms with Gasteiger partial charge >= 0.3 is 0 Å². The molecule has 0 radical (unpaired) electrons. The first-order valence-corrected chi connectivity index (χ1v) is 10.3. The van der Waals surface area contributed by atoms with Crippen molar-refractivity contribution >= 4 is 21.6 Å². The number of hydrogen-bond acceptors (Lipinski definition) is 6. The zero-order valence-electron chi connectivity index (χ0n) is 14.6. The normalized spacial score (nSPS) is 18.5. The fourth-order valence-corrected chi connectivity index (χ4v) is 4.78. The number of rotatable bonds is 4. The summed E-state index contributed by atoms with van der Waals surface area (Å²) in [5.41, 5.74) is 1.60. The number of carbonyl (C=O) groups excluding carboxylic acids is 1. The number of nitrogens with zero attached hydrogens (tertiary/aromatic N) is 5. The van der Waals surface area contributed by atoms with Gasteiger partial charge in [-0.2, -0.15) is 15.0 Å². The predicted octanol–water partition coefficient (Wildman–Crippen LogP) is 1.38. The molecule has 9 nitrogen and oxygen atoms in total. The number of carbonyl (C=O) groups is 1. The van der Waals surface area contributed by atoms with E-state index >= 15 is 0 Å². The zero-order valence-corrected chi connectivity index (χ0v) is 15.4. The van der Waals surface area contributed by atoms with Gasteiger partial charge in [0.25, 0.3) is 5.91 Å². The SMILES string of the molecule is Cc1cc(NC(=O)c2cnn(-c3ccccc3)n2)n(C2CCS(=O)(=O)C2)n1. The van der Waals surface area contributed by atoms with Crippen molar-refractivity contribution < 1.29 is 13.2 Å². The fraction of sp³-hybridized carbons (Fsp3) is 0.294. The zero-order chi connectivity index (χ0) is 19.0. The average molecular weight is 386 g/mol. The van der Waals surface area contributed by atoms with Crippen molar-refractivity contribution in [3.8, 4) is 5.69 Å². The van der Waals surface area contributed by atoms with E-state index in [2.05, 4.69) is 20.6 Å². The molecule has 10 heteroatoms. The molecule has 140 valence electrons. The highest BCUT2D eigenvalue weighted by atomic mass is 32.2. The van der Waals surface area contributed by atoms with Crippen molar-refractivity contribution in [2.45, 2.75) is 19.4 Å². The number of amides is 1. The van der Waals surface area contributed by atoms with Crippen LogP contribution < -0.4 is 5.32 Å². The van der Waals surface area contributed by atoms with Crippen molar-refractivity contribution in [2.24, 2.45) is 0 Å². The molecule has 1 aromatic carbocycles. The minimum absolute atomic E-state index is 0.0289. The van der Waals surface area contributed by atoms with Crippen molar-refractivity contribution in [1.82, 2.24) is 24.8 Å². The minimum atomic E-state index is -3.06. The van der Waals surface area contributed by atoms with Gasteiger partial charge in [0, 0.05) is 6.07 Å². The van der Waals surface area contributed by atoms with Crippen LogP contribution in [0, 0.1) is 6.92 Å². The van der Waals surface area contributed by atoms with Gasteiger partial charge in [0.1, 0.15) is 5.82 Å². The number of nitrogens with one attached hydrogen (secondary N) is 1. The van der Waals surface area contributed by atoms with Crippen LogP contribution in [0.25, 0.3) is 5.69 Å². The number of sulfone groups is 1. The summed E-state index contributed by atoms with van der Waals surface area (Å²) in [6, 6.07) is 10.7. The summed E-state index contributed by atoms with van der Waals surface area (Å²) in [5, 5.41) is 15.4. The summed E-state index contributed by atoms with van der Waals surface area (Å²) in [4.78, 5) is 14.0. The summed E-state index contributed by atoms with van der Waals surface area (Å²) >= 11 is 0. The second-order valence-corrected chi connectivity index (χ2v) is 8.71. The second kappa shape index (κ2) is 6.62. The molecule has 0 spiro atoms. The van der Waals surface area contributed by atoms with E-state index in [1.165, 1.54) is 11.0 Å². The molecule has 1 amide bonds. The van der Waals surface area contributed by atoms with Crippen molar-refractivity contribution in [3.63, 3.8) is 0 Å². The Morgan fingerprint density at radius 2 is 2.00 bits per heavy atom. The molecule has 1 saturated heterocycles. The largest absolute Gasteiger partial charge is 0.305 e. The van der Waals surface area contributed by atoms with Gasteiger partial charge in [-0.25, -0.2) is 13.1 Å². The van der Waals surface area contributed by atoms with E-state index < -0.39 is 15.7 Å². The maximum Gasteiger partial charge on any atom is 0.279 e. The molecule has 1 unspecified atom stereocenters. The smallest absolute Gasteiger partial charge is 0.279 e. The van der Waals surface area contributed by atoms with Crippen molar-refractivity contribution in [2.75, 3.05) is 16.8 Å². The Balaban J connectivity index is 1.55. The number of aryl methyl sites for hydroxylation is 1. The highest BCUT2D eigenvalue weighted by Crippen LogP contribution is 2.27. The molecule has 0 bridgehead atoms. The highest BCUT2D eigenvalue weighted by molar-refractivity contribution is 7.91. The molecule has 1 aliphatic heterocycles. The van der Waals surface area contributed by atoms with E-state index in [1.54, 1.807) is 17.7 Å². The molecule has 1 fully saturated rings. The third-order valence-electron chi connectivity index (χ3n) is 4.37. The van der Waals surface area contributed by atoms with Gasteiger partial charge in [-0.1, -0.05) is 18.2 Å². The van der Waals surface area contributed by atoms with Crippen LogP contribution in [-0.2, 0) is 9.84 Å². The van der Waals surface area contributed by atoms with E-state index in [4.69, 9.17) is 0 Å². The summed E-state index contributed by atoms with van der Waals surface area (Å²) < 4.78 is 25.1. The molecule has 27 heavy (non-hydrogen) atoms. The lowest BCUT2D eigenvalue weighted by atomic mass is 10.3. The lowest BCUT2D eigenvalue weighted by molar-refractivity contribution is 0.102. The minimum Gasteiger partial charge on any atom is -0.305 e. The highest BCUT2D eigenvalue weighted by Gasteiger charge is 2.31. The average Bonchev–Trinajstić information content (AvgIpc) is 3.34. The molecule has 4 rings (SSSR count). The summed E-state index contributed by atoms with van der Waals surface area (Å²) in [6.07, 6.45) is 1.87. The first-order valence-electron chi connectivity index (χ1n) is 8.47. The lowest BCUT2D eigenvalue weighted by Gasteiger charge is -2.13. The van der Waals surface area contributed by atoms with Crippen LogP contribution in [0.2, 0.25) is 0 Å². The Kier molecular flexibility index (Phi) is 4.27. The fourth-order valence-electron chi connectivity index (χ4n) is 3.09. The third kappa shape index (κ3) is 3.61. The Morgan fingerprint density at radius 3 is 2.70 bits per heavy atom. The number of hydrogen-bond donors (Lipinski definition) is 1. The van der Waals surface area contributed by atoms with Crippen LogP contribution in [0.3, 0.4) is 0 Å². The molecule has 0 saturated carbocycles. The number of benzene rings is 1. The van der Waals surface area contributed by atoms with Crippen LogP contribution in [0.1, 0.15) is 28.6 Å². The van der Waals surface area contributed by atoms with Crippen LogP contribution in [0.15, 0.2) is 42.6 Å². The number of anilines is 1. The maximum atomic E-state index is 12.6. The summed E-state index contributed by atoms with van der Waals surface area (Å²) in [6.45, 7) is 1.79. The van der Waals surface area contributed by atoms with E-state index in [9.17, 15) is 13.2 Å². The van der Waals surface area contributed by atoms with Gasteiger partial charge < -0.3 is 5.32 Å². The summed E-state index contributed by atoms with van der Waals surface area (Å²) in [7, 11) is -3.06. The molecule has 1 aliphatic rings. The van der Waals surface area contributed by atoms with Gasteiger partial charge in [-0.3, -0.25) is 4.79 Å². The van der Waals surface area contributed by atoms with Gasteiger partial charge in [0.15, 0.2) is 15.5 Å². The first kappa shape index (κ1) is 17.4. The quantitative estimate of drug-likeness (QED) is 0.725. The number of aromatic nitrogens is 5. The number of para-hydroxylation sites is 1. The van der Waals surface area contributed by atoms with E-state index in [-0.39, 0.29) is 23.2 Å². The van der Waals surface area contributed by atoms with Crippen molar-refractivity contribution in [1.29, 1.82) is 0 Å². The molecule has 0 aliphatic carbocycles. The molecule has 3 heterocycles. The van der Waals surface area contributed by atoms with Crippen LogP contribution in [0.5, 0.6) is 0 Å². The van der Waals surface area contributed by atoms with Gasteiger partial charge in [0.05, 0.1) is 35.1 Å². The monoisotopic (exact) mass is 386 g/mol. The molecular formula is C17H18N6O3S. The van der Waals surface area contributed by atoms with Crippen LogP contribution in [0.4, 0.5) is 5.82 Å². The summed E-state index contributed by atoms with van der Waals surface area (Å²) in [5.74, 6) is 0.185. The van der Waals surface area contributed by atoms with Gasteiger partial charge in [-0.05, 0) is 25.5 Å². The Bertz CT molecular complexity index is 1090. The molecule has 1 N–H and O–H groups in total. The Morgan fingerprint density at radius 1 is 1.22 bits per heavy atom. The predicted molar refractivity (Wildman–Crippen MR) is 98.6 cm³/mol. The van der Waals surface area contributed by atoms with E-state index in [1.807, 2.05) is 30.3 Å². The van der Waals surface area contributed by atoms with Crippen LogP contribution in [-0.4, -0.2) is 50.6 Å². The standard InChI is InChI=1S/C17H18N6O3S/c1-12-9-16(22(20-12)14-7-8-27(25,26)11-14)19-17(24)15-10-18-23(21-15)13-5-3-2-4-6-13/h2-6,9-10,14H,7-8,11H2,1H3,(H,19,24). The topological polar surface area (TPSA) is 112 Å². The van der Waals surface area contributed by atoms with Gasteiger partial charge in [0.2, 0.25) is 0 Å².